The number of imidazole rings is 1. The van der Waals surface area contributed by atoms with Gasteiger partial charge in [-0.15, -0.1) is 0 Å². The largest absolute Gasteiger partial charge is 0.481 e. The van der Waals surface area contributed by atoms with Crippen LogP contribution in [0, 0.1) is 0 Å². The number of carboxylic acids is 1. The standard InChI is InChI=1S/C14H20N2O5/c1-13(2,3)21-12(19)16-8-10(15-9-16)14(11(17)18)4-6-20-7-5-14/h8-9H,4-7H2,1-3H3,(H,17,18). The summed E-state index contributed by atoms with van der Waals surface area (Å²) in [5, 5.41) is 9.56. The maximum absolute atomic E-state index is 12.0. The number of carbonyl (C=O) groups is 2. The van der Waals surface area contributed by atoms with Crippen LogP contribution >= 0.6 is 0 Å². The van der Waals surface area contributed by atoms with Crippen LogP contribution in [0.15, 0.2) is 12.5 Å². The van der Waals surface area contributed by atoms with E-state index in [9.17, 15) is 14.7 Å². The minimum atomic E-state index is -1.09. The molecule has 0 aliphatic carbocycles. The normalized spacial score (nSPS) is 18.2. The third-order valence-corrected chi connectivity index (χ3v) is 3.43. The van der Waals surface area contributed by atoms with Crippen molar-refractivity contribution in [3.05, 3.63) is 18.2 Å². The Bertz CT molecular complexity index is 538. The number of aromatic nitrogens is 2. The summed E-state index contributed by atoms with van der Waals surface area (Å²) < 4.78 is 11.6. The first-order valence-electron chi connectivity index (χ1n) is 6.84. The van der Waals surface area contributed by atoms with E-state index in [0.29, 0.717) is 31.7 Å². The van der Waals surface area contributed by atoms with E-state index >= 15 is 0 Å². The molecule has 1 aromatic rings. The van der Waals surface area contributed by atoms with E-state index in [1.165, 1.54) is 17.1 Å². The molecular weight excluding hydrogens is 276 g/mol. The Hall–Kier alpha value is -1.89. The smallest absolute Gasteiger partial charge is 0.419 e. The fraction of sp³-hybridized carbons (Fsp3) is 0.643. The lowest BCUT2D eigenvalue weighted by atomic mass is 9.77. The summed E-state index contributed by atoms with van der Waals surface area (Å²) in [7, 11) is 0. The topological polar surface area (TPSA) is 90.7 Å². The van der Waals surface area contributed by atoms with Crippen LogP contribution in [0.4, 0.5) is 4.79 Å². The molecule has 0 aromatic carbocycles. The van der Waals surface area contributed by atoms with Crippen molar-refractivity contribution in [2.24, 2.45) is 0 Å². The van der Waals surface area contributed by atoms with Crippen molar-refractivity contribution in [1.82, 2.24) is 9.55 Å². The number of aliphatic carboxylic acids is 1. The molecule has 1 aromatic heterocycles. The predicted octanol–water partition coefficient (Wildman–Crippen LogP) is 1.80. The molecule has 116 valence electrons. The molecule has 1 aliphatic heterocycles. The Labute approximate surface area is 122 Å². The lowest BCUT2D eigenvalue weighted by Crippen LogP contribution is -2.41. The van der Waals surface area contributed by atoms with Crippen molar-refractivity contribution in [2.45, 2.75) is 44.6 Å². The Balaban J connectivity index is 2.25. The molecule has 7 heteroatoms. The minimum absolute atomic E-state index is 0.341. The third-order valence-electron chi connectivity index (χ3n) is 3.43. The molecule has 0 spiro atoms. The van der Waals surface area contributed by atoms with Gasteiger partial charge < -0.3 is 14.6 Å². The molecule has 0 bridgehead atoms. The highest BCUT2D eigenvalue weighted by atomic mass is 16.6. The van der Waals surface area contributed by atoms with Gasteiger partial charge in [0.25, 0.3) is 0 Å². The van der Waals surface area contributed by atoms with Gasteiger partial charge in [-0.3, -0.25) is 4.79 Å². The molecule has 1 aliphatic rings. The molecule has 1 saturated heterocycles. The SMILES string of the molecule is CC(C)(C)OC(=O)n1cnc(C2(C(=O)O)CCOCC2)c1. The van der Waals surface area contributed by atoms with Crippen LogP contribution in [0.25, 0.3) is 0 Å². The lowest BCUT2D eigenvalue weighted by molar-refractivity contribution is -0.148. The van der Waals surface area contributed by atoms with Crippen LogP contribution in [0.1, 0.15) is 39.3 Å². The van der Waals surface area contributed by atoms with Crippen LogP contribution in [-0.4, -0.2) is 45.5 Å². The number of ether oxygens (including phenoxy) is 2. The number of carbonyl (C=O) groups excluding carboxylic acids is 1. The highest BCUT2D eigenvalue weighted by Crippen LogP contribution is 2.34. The molecule has 21 heavy (non-hydrogen) atoms. The lowest BCUT2D eigenvalue weighted by Gasteiger charge is -2.31. The number of nitrogens with zero attached hydrogens (tertiary/aromatic N) is 2. The molecule has 0 atom stereocenters. The Morgan fingerprint density at radius 1 is 1.38 bits per heavy atom. The highest BCUT2D eigenvalue weighted by molar-refractivity contribution is 5.81. The predicted molar refractivity (Wildman–Crippen MR) is 73.2 cm³/mol. The summed E-state index contributed by atoms with van der Waals surface area (Å²) in [5.41, 5.74) is -1.35. The maximum atomic E-state index is 12.0. The van der Waals surface area contributed by atoms with E-state index in [0.717, 1.165) is 0 Å². The fourth-order valence-corrected chi connectivity index (χ4v) is 2.28. The van der Waals surface area contributed by atoms with Crippen LogP contribution in [-0.2, 0) is 19.7 Å². The van der Waals surface area contributed by atoms with Crippen molar-refractivity contribution < 1.29 is 24.2 Å². The molecule has 2 rings (SSSR count). The second-order valence-corrected chi connectivity index (χ2v) is 6.15. The molecular formula is C14H20N2O5. The molecule has 1 N–H and O–H groups in total. The van der Waals surface area contributed by atoms with Crippen molar-refractivity contribution in [2.75, 3.05) is 13.2 Å². The van der Waals surface area contributed by atoms with E-state index in [1.54, 1.807) is 20.8 Å². The van der Waals surface area contributed by atoms with Crippen molar-refractivity contribution in [3.8, 4) is 0 Å². The first kappa shape index (κ1) is 15.5. The summed E-state index contributed by atoms with van der Waals surface area (Å²) >= 11 is 0. The van der Waals surface area contributed by atoms with E-state index in [-0.39, 0.29) is 0 Å². The Kier molecular flexibility index (Phi) is 4.04. The van der Waals surface area contributed by atoms with Gasteiger partial charge in [-0.25, -0.2) is 14.3 Å². The van der Waals surface area contributed by atoms with Crippen molar-refractivity contribution in [3.63, 3.8) is 0 Å². The van der Waals surface area contributed by atoms with Gasteiger partial charge in [0.05, 0.1) is 5.69 Å². The minimum Gasteiger partial charge on any atom is -0.481 e. The average molecular weight is 296 g/mol. The van der Waals surface area contributed by atoms with Gasteiger partial charge in [-0.1, -0.05) is 0 Å². The van der Waals surface area contributed by atoms with Gasteiger partial charge in [0.15, 0.2) is 0 Å². The molecule has 0 amide bonds. The van der Waals surface area contributed by atoms with Gasteiger partial charge in [0, 0.05) is 19.4 Å². The molecule has 0 unspecified atom stereocenters. The Morgan fingerprint density at radius 2 is 2.00 bits per heavy atom. The third kappa shape index (κ3) is 3.24. The van der Waals surface area contributed by atoms with Crippen LogP contribution in [0.2, 0.25) is 0 Å². The molecule has 7 nitrogen and oxygen atoms in total. The second-order valence-electron chi connectivity index (χ2n) is 6.15. The summed E-state index contributed by atoms with van der Waals surface area (Å²) in [5.74, 6) is -0.944. The zero-order valence-corrected chi connectivity index (χ0v) is 12.5. The van der Waals surface area contributed by atoms with Crippen molar-refractivity contribution >= 4 is 12.1 Å². The quantitative estimate of drug-likeness (QED) is 0.895. The van der Waals surface area contributed by atoms with E-state index in [4.69, 9.17) is 9.47 Å². The number of rotatable bonds is 2. The monoisotopic (exact) mass is 296 g/mol. The second kappa shape index (κ2) is 5.48. The zero-order valence-electron chi connectivity index (χ0n) is 12.5. The van der Waals surface area contributed by atoms with Crippen molar-refractivity contribution in [1.29, 1.82) is 0 Å². The molecule has 2 heterocycles. The summed E-state index contributed by atoms with van der Waals surface area (Å²) in [6.45, 7) is 6.02. The highest BCUT2D eigenvalue weighted by Gasteiger charge is 2.44. The molecule has 0 saturated carbocycles. The van der Waals surface area contributed by atoms with E-state index in [1.807, 2.05) is 0 Å². The van der Waals surface area contributed by atoms with Crippen LogP contribution in [0.3, 0.4) is 0 Å². The fourth-order valence-electron chi connectivity index (χ4n) is 2.28. The van der Waals surface area contributed by atoms with Gasteiger partial charge in [0.2, 0.25) is 0 Å². The molecule has 0 radical (unpaired) electrons. The number of hydrogen-bond donors (Lipinski definition) is 1. The number of hydrogen-bond acceptors (Lipinski definition) is 5. The zero-order chi connectivity index (χ0) is 15.7. The summed E-state index contributed by atoms with van der Waals surface area (Å²) in [4.78, 5) is 27.7. The Morgan fingerprint density at radius 3 is 2.52 bits per heavy atom. The van der Waals surface area contributed by atoms with Gasteiger partial charge in [0.1, 0.15) is 17.3 Å². The molecule has 1 fully saturated rings. The summed E-state index contributed by atoms with van der Waals surface area (Å²) in [6, 6.07) is 0. The van der Waals surface area contributed by atoms with E-state index in [2.05, 4.69) is 4.98 Å². The van der Waals surface area contributed by atoms with Gasteiger partial charge >= 0.3 is 12.1 Å². The van der Waals surface area contributed by atoms with Gasteiger partial charge in [-0.2, -0.15) is 0 Å². The van der Waals surface area contributed by atoms with Gasteiger partial charge in [-0.05, 0) is 33.6 Å². The first-order valence-corrected chi connectivity index (χ1v) is 6.84. The van der Waals surface area contributed by atoms with E-state index < -0.39 is 23.1 Å². The summed E-state index contributed by atoms with van der Waals surface area (Å²) in [6.07, 6.45) is 2.84. The average Bonchev–Trinajstić information content (AvgIpc) is 2.87. The maximum Gasteiger partial charge on any atom is 0.419 e. The first-order chi connectivity index (χ1) is 9.74. The van der Waals surface area contributed by atoms with Crippen LogP contribution in [0.5, 0.6) is 0 Å². The number of carboxylic acid groups (broad SMARTS) is 1. The van der Waals surface area contributed by atoms with Crippen LogP contribution < -0.4 is 0 Å².